The van der Waals surface area contributed by atoms with Gasteiger partial charge in [0.25, 0.3) is 10.0 Å². The summed E-state index contributed by atoms with van der Waals surface area (Å²) in [6.07, 6.45) is 4.97. The second kappa shape index (κ2) is 13.8. The summed E-state index contributed by atoms with van der Waals surface area (Å²) in [4.78, 5) is 28.7. The van der Waals surface area contributed by atoms with Gasteiger partial charge in [0.1, 0.15) is 18.4 Å². The number of amides is 2. The molecule has 41 heavy (non-hydrogen) atoms. The number of sulfonamides is 1. The van der Waals surface area contributed by atoms with E-state index in [9.17, 15) is 22.4 Å². The van der Waals surface area contributed by atoms with Crippen LogP contribution in [-0.4, -0.2) is 43.8 Å². The highest BCUT2D eigenvalue weighted by Crippen LogP contribution is 2.28. The van der Waals surface area contributed by atoms with Gasteiger partial charge in [0.05, 0.1) is 15.6 Å². The molecule has 0 unspecified atom stereocenters. The van der Waals surface area contributed by atoms with Gasteiger partial charge in [0.2, 0.25) is 11.8 Å². The first-order valence-electron chi connectivity index (χ1n) is 13.4. The summed E-state index contributed by atoms with van der Waals surface area (Å²) < 4.78 is 43.3. The summed E-state index contributed by atoms with van der Waals surface area (Å²) >= 11 is 9.42. The van der Waals surface area contributed by atoms with E-state index in [1.807, 2.05) is 24.3 Å². The van der Waals surface area contributed by atoms with E-state index >= 15 is 0 Å². The molecule has 2 amide bonds. The number of nitrogens with one attached hydrogen (secondary N) is 1. The van der Waals surface area contributed by atoms with Crippen molar-refractivity contribution in [3.05, 3.63) is 93.7 Å². The Morgan fingerprint density at radius 2 is 1.68 bits per heavy atom. The van der Waals surface area contributed by atoms with Crippen molar-refractivity contribution in [1.82, 2.24) is 10.2 Å². The average Bonchev–Trinajstić information content (AvgIpc) is 2.97. The van der Waals surface area contributed by atoms with Crippen LogP contribution < -0.4 is 9.62 Å². The minimum atomic E-state index is -4.26. The van der Waals surface area contributed by atoms with Crippen molar-refractivity contribution in [2.45, 2.75) is 62.6 Å². The Balaban J connectivity index is 1.68. The van der Waals surface area contributed by atoms with Crippen LogP contribution >= 0.6 is 27.5 Å². The first kappa shape index (κ1) is 31.0. The van der Waals surface area contributed by atoms with Crippen LogP contribution in [0.5, 0.6) is 0 Å². The molecule has 1 saturated carbocycles. The molecular weight excluding hydrogens is 633 g/mol. The lowest BCUT2D eigenvalue weighted by Crippen LogP contribution is -2.53. The minimum Gasteiger partial charge on any atom is -0.352 e. The molecule has 3 aromatic rings. The SMILES string of the molecule is C[C@H](C(=O)NC1CCCCC1)N(Cc1ccc(Br)cc1)C(=O)CN(c1ccc(F)c(Cl)c1)S(=O)(=O)c1ccccc1. The second-order valence-corrected chi connectivity index (χ2v) is 13.3. The Hall–Kier alpha value is -2.95. The number of nitrogens with zero attached hydrogens (tertiary/aromatic N) is 2. The number of hydrogen-bond acceptors (Lipinski definition) is 4. The summed E-state index contributed by atoms with van der Waals surface area (Å²) in [7, 11) is -4.26. The van der Waals surface area contributed by atoms with Gasteiger partial charge in [0.15, 0.2) is 0 Å². The molecule has 7 nitrogen and oxygen atoms in total. The number of carbonyl (C=O) groups excluding carboxylic acids is 2. The van der Waals surface area contributed by atoms with Gasteiger partial charge >= 0.3 is 0 Å². The van der Waals surface area contributed by atoms with Gasteiger partial charge in [-0.15, -0.1) is 0 Å². The summed E-state index contributed by atoms with van der Waals surface area (Å²) in [6, 6.07) is 17.6. The number of halogens is 3. The van der Waals surface area contributed by atoms with Crippen molar-refractivity contribution in [3.63, 3.8) is 0 Å². The van der Waals surface area contributed by atoms with Crippen LogP contribution in [0.15, 0.2) is 82.2 Å². The summed E-state index contributed by atoms with van der Waals surface area (Å²) in [6.45, 7) is 1.09. The lowest BCUT2D eigenvalue weighted by atomic mass is 9.95. The molecule has 1 fully saturated rings. The van der Waals surface area contributed by atoms with Crippen LogP contribution in [0.2, 0.25) is 5.02 Å². The standard InChI is InChI=1S/C30H32BrClFN3O4S/c1-21(30(38)34-24-8-4-2-5-9-24)35(19-22-12-14-23(31)15-13-22)29(37)20-36(25-16-17-28(33)27(32)18-25)41(39,40)26-10-6-3-7-11-26/h3,6-7,10-18,21,24H,2,4-5,8-9,19-20H2,1H3,(H,34,38)/t21-/m1/s1. The highest BCUT2D eigenvalue weighted by molar-refractivity contribution is 9.10. The lowest BCUT2D eigenvalue weighted by Gasteiger charge is -2.33. The Morgan fingerprint density at radius 1 is 1.02 bits per heavy atom. The van der Waals surface area contributed by atoms with Crippen molar-refractivity contribution < 1.29 is 22.4 Å². The summed E-state index contributed by atoms with van der Waals surface area (Å²) in [5.41, 5.74) is 0.790. The quantitative estimate of drug-likeness (QED) is 0.276. The molecule has 0 saturated heterocycles. The molecule has 1 aliphatic carbocycles. The fraction of sp³-hybridized carbons (Fsp3) is 0.333. The second-order valence-electron chi connectivity index (χ2n) is 10.1. The van der Waals surface area contributed by atoms with E-state index < -0.39 is 34.3 Å². The maximum absolute atomic E-state index is 14.0. The minimum absolute atomic E-state index is 0.0245. The average molecular weight is 665 g/mol. The van der Waals surface area contributed by atoms with Gasteiger partial charge in [-0.05, 0) is 67.8 Å². The largest absolute Gasteiger partial charge is 0.352 e. The van der Waals surface area contributed by atoms with Crippen LogP contribution in [-0.2, 0) is 26.2 Å². The van der Waals surface area contributed by atoms with E-state index in [4.69, 9.17) is 11.6 Å². The van der Waals surface area contributed by atoms with E-state index in [0.29, 0.717) is 0 Å². The molecule has 0 aliphatic heterocycles. The van der Waals surface area contributed by atoms with E-state index in [1.54, 1.807) is 25.1 Å². The maximum atomic E-state index is 14.0. The van der Waals surface area contributed by atoms with Gasteiger partial charge in [-0.25, -0.2) is 12.8 Å². The molecule has 4 rings (SSSR count). The third kappa shape index (κ3) is 7.87. The van der Waals surface area contributed by atoms with Crippen molar-refractivity contribution in [2.24, 2.45) is 0 Å². The normalized spacial score (nSPS) is 14.7. The Labute approximate surface area is 253 Å². The van der Waals surface area contributed by atoms with Crippen molar-refractivity contribution in [3.8, 4) is 0 Å². The predicted octanol–water partition coefficient (Wildman–Crippen LogP) is 6.30. The number of rotatable bonds is 10. The van der Waals surface area contributed by atoms with Gasteiger partial charge in [-0.1, -0.05) is 77.1 Å². The van der Waals surface area contributed by atoms with Gasteiger partial charge in [-0.3, -0.25) is 13.9 Å². The fourth-order valence-electron chi connectivity index (χ4n) is 4.83. The predicted molar refractivity (Wildman–Crippen MR) is 162 cm³/mol. The molecule has 0 bridgehead atoms. The van der Waals surface area contributed by atoms with Crippen LogP contribution in [0.4, 0.5) is 10.1 Å². The third-order valence-corrected chi connectivity index (χ3v) is 9.79. The Kier molecular flexibility index (Phi) is 10.4. The molecule has 218 valence electrons. The molecule has 11 heteroatoms. The van der Waals surface area contributed by atoms with Crippen molar-refractivity contribution in [1.29, 1.82) is 0 Å². The van der Waals surface area contributed by atoms with Gasteiger partial charge in [0, 0.05) is 17.1 Å². The van der Waals surface area contributed by atoms with Gasteiger partial charge < -0.3 is 10.2 Å². The Bertz CT molecular complexity index is 1470. The van der Waals surface area contributed by atoms with E-state index in [-0.39, 0.29) is 34.1 Å². The fourth-order valence-corrected chi connectivity index (χ4v) is 6.69. The van der Waals surface area contributed by atoms with E-state index in [1.165, 1.54) is 29.2 Å². The molecule has 0 heterocycles. The highest BCUT2D eigenvalue weighted by Gasteiger charge is 2.33. The first-order valence-corrected chi connectivity index (χ1v) is 16.0. The zero-order chi connectivity index (χ0) is 29.6. The highest BCUT2D eigenvalue weighted by atomic mass is 79.9. The number of anilines is 1. The lowest BCUT2D eigenvalue weighted by molar-refractivity contribution is -0.139. The van der Waals surface area contributed by atoms with Crippen LogP contribution in [0.1, 0.15) is 44.6 Å². The molecule has 1 N–H and O–H groups in total. The number of benzene rings is 3. The molecule has 0 spiro atoms. The van der Waals surface area contributed by atoms with Gasteiger partial charge in [-0.2, -0.15) is 0 Å². The molecule has 1 atom stereocenters. The first-order chi connectivity index (χ1) is 19.6. The summed E-state index contributed by atoms with van der Waals surface area (Å²) in [5, 5.41) is 2.79. The van der Waals surface area contributed by atoms with Crippen LogP contribution in [0, 0.1) is 5.82 Å². The molecule has 3 aromatic carbocycles. The smallest absolute Gasteiger partial charge is 0.264 e. The molecule has 0 aromatic heterocycles. The maximum Gasteiger partial charge on any atom is 0.264 e. The van der Waals surface area contributed by atoms with Crippen LogP contribution in [0.3, 0.4) is 0 Å². The third-order valence-electron chi connectivity index (χ3n) is 7.19. The zero-order valence-corrected chi connectivity index (χ0v) is 25.8. The topological polar surface area (TPSA) is 86.8 Å². The zero-order valence-electron chi connectivity index (χ0n) is 22.6. The molecule has 1 aliphatic rings. The number of carbonyl (C=O) groups is 2. The number of hydrogen-bond donors (Lipinski definition) is 1. The Morgan fingerprint density at radius 3 is 2.32 bits per heavy atom. The van der Waals surface area contributed by atoms with Crippen LogP contribution in [0.25, 0.3) is 0 Å². The van der Waals surface area contributed by atoms with Crippen molar-refractivity contribution >= 4 is 55.1 Å². The van der Waals surface area contributed by atoms with E-state index in [0.717, 1.165) is 52.5 Å². The van der Waals surface area contributed by atoms with E-state index in [2.05, 4.69) is 21.2 Å². The monoisotopic (exact) mass is 663 g/mol. The molecule has 0 radical (unpaired) electrons. The summed E-state index contributed by atoms with van der Waals surface area (Å²) in [5.74, 6) is -1.62. The molecular formula is C30H32BrClFN3O4S. The van der Waals surface area contributed by atoms with Crippen molar-refractivity contribution in [2.75, 3.05) is 10.8 Å².